The van der Waals surface area contributed by atoms with Crippen LogP contribution in [0.1, 0.15) is 83.1 Å². The summed E-state index contributed by atoms with van der Waals surface area (Å²) in [5, 5.41) is 0. The van der Waals surface area contributed by atoms with E-state index in [0.717, 1.165) is 0 Å². The highest BCUT2D eigenvalue weighted by atomic mass is 14.8. The van der Waals surface area contributed by atoms with Gasteiger partial charge in [-0.05, 0) is 32.5 Å². The van der Waals surface area contributed by atoms with Gasteiger partial charge in [-0.3, -0.25) is 0 Å². The Hall–Kier alpha value is 0. The van der Waals surface area contributed by atoms with Crippen molar-refractivity contribution in [2.24, 2.45) is 32.5 Å². The molecule has 0 aromatic heterocycles. The molecule has 18 heavy (non-hydrogen) atoms. The van der Waals surface area contributed by atoms with E-state index in [9.17, 15) is 0 Å². The van der Waals surface area contributed by atoms with E-state index in [0.29, 0.717) is 32.5 Å². The van der Waals surface area contributed by atoms with Crippen molar-refractivity contribution < 1.29 is 0 Å². The van der Waals surface area contributed by atoms with Crippen LogP contribution in [0.4, 0.5) is 0 Å². The Morgan fingerprint density at radius 2 is 0.667 bits per heavy atom. The predicted octanol–water partition coefficient (Wildman–Crippen LogP) is 6.16. The lowest BCUT2D eigenvalue weighted by Crippen LogP contribution is -2.52. The predicted molar refractivity (Wildman–Crippen MR) is 82.7 cm³/mol. The zero-order valence-electron chi connectivity index (χ0n) is 15.0. The van der Waals surface area contributed by atoms with E-state index in [1.165, 1.54) is 0 Å². The fourth-order valence-electron chi connectivity index (χ4n) is 5.47. The molecule has 1 aliphatic rings. The molecule has 108 valence electrons. The minimum atomic E-state index is 0.292. The maximum Gasteiger partial charge on any atom is -0.0164 e. The van der Waals surface area contributed by atoms with Gasteiger partial charge in [0.25, 0.3) is 0 Å². The lowest BCUT2D eigenvalue weighted by atomic mass is 9.46. The first-order valence-electron chi connectivity index (χ1n) is 7.50. The van der Waals surface area contributed by atoms with Crippen molar-refractivity contribution in [3.63, 3.8) is 0 Å². The Bertz CT molecular complexity index is 319. The average Bonchev–Trinajstić information content (AvgIpc) is 2.16. The molecule has 0 saturated heterocycles. The standard InChI is InChI=1S/C18H36/c1-13(2,3)18(12)16(8,9)14(4,5)15(6,7)17(18,10)11/h1-12H3. The van der Waals surface area contributed by atoms with Crippen molar-refractivity contribution in [2.45, 2.75) is 83.1 Å². The van der Waals surface area contributed by atoms with Gasteiger partial charge in [-0.2, -0.15) is 0 Å². The third kappa shape index (κ3) is 1.23. The average molecular weight is 252 g/mol. The van der Waals surface area contributed by atoms with Crippen LogP contribution in [0.5, 0.6) is 0 Å². The van der Waals surface area contributed by atoms with Gasteiger partial charge in [0.2, 0.25) is 0 Å². The van der Waals surface area contributed by atoms with Crippen LogP contribution in [0, 0.1) is 32.5 Å². The van der Waals surface area contributed by atoms with E-state index in [4.69, 9.17) is 0 Å². The Kier molecular flexibility index (Phi) is 3.00. The Labute approximate surface area is 116 Å². The van der Waals surface area contributed by atoms with Crippen molar-refractivity contribution in [3.8, 4) is 0 Å². The smallest absolute Gasteiger partial charge is 0.0164 e. The van der Waals surface area contributed by atoms with E-state index in [1.54, 1.807) is 0 Å². The minimum Gasteiger partial charge on any atom is -0.0596 e. The second kappa shape index (κ2) is 3.36. The molecule has 0 bridgehead atoms. The molecule has 0 spiro atoms. The molecule has 0 aromatic rings. The topological polar surface area (TPSA) is 0 Å². The Morgan fingerprint density at radius 3 is 0.778 bits per heavy atom. The summed E-state index contributed by atoms with van der Waals surface area (Å²) in [5.41, 5.74) is 1.80. The maximum atomic E-state index is 2.53. The Morgan fingerprint density at radius 1 is 0.444 bits per heavy atom. The molecular formula is C18H36. The molecule has 1 fully saturated rings. The molecule has 0 atom stereocenters. The third-order valence-electron chi connectivity index (χ3n) is 8.69. The van der Waals surface area contributed by atoms with Crippen LogP contribution in [0.3, 0.4) is 0 Å². The largest absolute Gasteiger partial charge is 0.0596 e. The molecule has 0 aromatic carbocycles. The van der Waals surface area contributed by atoms with Crippen molar-refractivity contribution in [1.29, 1.82) is 0 Å². The summed E-state index contributed by atoms with van der Waals surface area (Å²) in [7, 11) is 0. The molecule has 0 unspecified atom stereocenters. The summed E-state index contributed by atoms with van der Waals surface area (Å²) >= 11 is 0. The highest BCUT2D eigenvalue weighted by Gasteiger charge is 2.75. The van der Waals surface area contributed by atoms with Gasteiger partial charge < -0.3 is 0 Å². The van der Waals surface area contributed by atoms with Crippen LogP contribution in [0.2, 0.25) is 0 Å². The summed E-state index contributed by atoms with van der Waals surface area (Å²) in [6.45, 7) is 29.7. The molecule has 0 heterocycles. The van der Waals surface area contributed by atoms with Crippen molar-refractivity contribution in [3.05, 3.63) is 0 Å². The quantitative estimate of drug-likeness (QED) is 0.484. The van der Waals surface area contributed by atoms with Crippen LogP contribution in [-0.2, 0) is 0 Å². The second-order valence-electron chi connectivity index (χ2n) is 9.88. The van der Waals surface area contributed by atoms with E-state index in [1.807, 2.05) is 0 Å². The molecule has 1 saturated carbocycles. The first kappa shape index (κ1) is 16.1. The van der Waals surface area contributed by atoms with E-state index >= 15 is 0 Å². The van der Waals surface area contributed by atoms with Gasteiger partial charge >= 0.3 is 0 Å². The van der Waals surface area contributed by atoms with Gasteiger partial charge in [-0.1, -0.05) is 83.1 Å². The van der Waals surface area contributed by atoms with Crippen LogP contribution in [0.25, 0.3) is 0 Å². The van der Waals surface area contributed by atoms with Crippen molar-refractivity contribution in [2.75, 3.05) is 0 Å². The first-order chi connectivity index (χ1) is 7.50. The van der Waals surface area contributed by atoms with Crippen molar-refractivity contribution >= 4 is 0 Å². The summed E-state index contributed by atoms with van der Waals surface area (Å²) in [6, 6.07) is 0. The lowest BCUT2D eigenvalue weighted by Gasteiger charge is -2.58. The van der Waals surface area contributed by atoms with E-state index in [2.05, 4.69) is 83.1 Å². The van der Waals surface area contributed by atoms with Crippen LogP contribution >= 0.6 is 0 Å². The third-order valence-corrected chi connectivity index (χ3v) is 8.69. The molecule has 0 heteroatoms. The molecule has 0 radical (unpaired) electrons. The molecule has 1 aliphatic carbocycles. The highest BCUT2D eigenvalue weighted by molar-refractivity contribution is 5.23. The zero-order valence-corrected chi connectivity index (χ0v) is 15.0. The Balaban J connectivity index is 3.75. The highest BCUT2D eigenvalue weighted by Crippen LogP contribution is 2.81. The van der Waals surface area contributed by atoms with Gasteiger partial charge in [-0.15, -0.1) is 0 Å². The SMILES string of the molecule is CC(C)(C)C1(C)C(C)(C)C(C)(C)C(C)(C)C1(C)C. The lowest BCUT2D eigenvalue weighted by molar-refractivity contribution is -0.0987. The number of hydrogen-bond acceptors (Lipinski definition) is 0. The fourth-order valence-corrected chi connectivity index (χ4v) is 5.47. The van der Waals surface area contributed by atoms with E-state index in [-0.39, 0.29) is 0 Å². The molecular weight excluding hydrogens is 216 g/mol. The maximum absolute atomic E-state index is 2.53. The number of hydrogen-bond donors (Lipinski definition) is 0. The normalized spacial score (nSPS) is 31.3. The molecule has 0 amide bonds. The molecule has 0 nitrogen and oxygen atoms in total. The summed E-state index contributed by atoms with van der Waals surface area (Å²) in [5.74, 6) is 0. The molecule has 1 rings (SSSR count). The summed E-state index contributed by atoms with van der Waals surface area (Å²) in [6.07, 6.45) is 0. The first-order valence-corrected chi connectivity index (χ1v) is 7.50. The molecule has 0 aliphatic heterocycles. The minimum absolute atomic E-state index is 0.292. The van der Waals surface area contributed by atoms with Gasteiger partial charge in [-0.25, -0.2) is 0 Å². The van der Waals surface area contributed by atoms with Gasteiger partial charge in [0.1, 0.15) is 0 Å². The van der Waals surface area contributed by atoms with Gasteiger partial charge in [0.05, 0.1) is 0 Å². The summed E-state index contributed by atoms with van der Waals surface area (Å²) < 4.78 is 0. The van der Waals surface area contributed by atoms with Gasteiger partial charge in [0.15, 0.2) is 0 Å². The molecule has 0 N–H and O–H groups in total. The summed E-state index contributed by atoms with van der Waals surface area (Å²) in [4.78, 5) is 0. The fraction of sp³-hybridized carbons (Fsp3) is 1.00. The van der Waals surface area contributed by atoms with Crippen molar-refractivity contribution in [1.82, 2.24) is 0 Å². The van der Waals surface area contributed by atoms with E-state index < -0.39 is 0 Å². The van der Waals surface area contributed by atoms with Crippen LogP contribution in [0.15, 0.2) is 0 Å². The van der Waals surface area contributed by atoms with Gasteiger partial charge in [0, 0.05) is 0 Å². The monoisotopic (exact) mass is 252 g/mol. The second-order valence-corrected chi connectivity index (χ2v) is 9.88. The zero-order chi connectivity index (χ0) is 15.0. The number of rotatable bonds is 0. The van der Waals surface area contributed by atoms with Crippen LogP contribution in [-0.4, -0.2) is 0 Å². The van der Waals surface area contributed by atoms with Crippen LogP contribution < -0.4 is 0 Å².